The third-order valence-corrected chi connectivity index (χ3v) is 3.24. The lowest BCUT2D eigenvalue weighted by atomic mass is 10.2. The fraction of sp³-hybridized carbons (Fsp3) is 0.154. The van der Waals surface area contributed by atoms with Crippen molar-refractivity contribution in [3.63, 3.8) is 0 Å². The zero-order valence-corrected chi connectivity index (χ0v) is 11.3. The Bertz CT molecular complexity index is 560. The van der Waals surface area contributed by atoms with Crippen LogP contribution in [0.2, 0.25) is 0 Å². The van der Waals surface area contributed by atoms with Crippen LogP contribution in [0.3, 0.4) is 0 Å². The number of hydrogen-bond donors (Lipinski definition) is 1. The van der Waals surface area contributed by atoms with Gasteiger partial charge in [-0.1, -0.05) is 6.07 Å². The zero-order chi connectivity index (χ0) is 12.4. The number of benzene rings is 1. The van der Waals surface area contributed by atoms with Gasteiger partial charge in [0, 0.05) is 17.7 Å². The minimum absolute atomic E-state index is 0.108. The molecule has 0 radical (unpaired) electrons. The number of carbonyl (C=O) groups is 1. The van der Waals surface area contributed by atoms with Crippen molar-refractivity contribution in [2.75, 3.05) is 5.32 Å². The van der Waals surface area contributed by atoms with E-state index in [2.05, 4.69) is 21.2 Å². The van der Waals surface area contributed by atoms with Crippen LogP contribution in [0.15, 0.2) is 41.0 Å². The standard InChI is InChI=1S/C13H13BrN2O/c1-9-5-6-10(14)11(8-9)15-13(17)12-4-3-7-16(12)2/h3-8H,1-2H3,(H,15,17). The molecular weight excluding hydrogens is 280 g/mol. The molecule has 0 unspecified atom stereocenters. The number of hydrogen-bond acceptors (Lipinski definition) is 1. The van der Waals surface area contributed by atoms with E-state index in [-0.39, 0.29) is 5.91 Å². The van der Waals surface area contributed by atoms with E-state index < -0.39 is 0 Å². The molecule has 0 aliphatic rings. The smallest absolute Gasteiger partial charge is 0.272 e. The molecule has 1 aromatic heterocycles. The summed E-state index contributed by atoms with van der Waals surface area (Å²) in [5.41, 5.74) is 2.53. The summed E-state index contributed by atoms with van der Waals surface area (Å²) in [5, 5.41) is 2.89. The molecule has 0 atom stereocenters. The van der Waals surface area contributed by atoms with Crippen LogP contribution in [0.5, 0.6) is 0 Å². The molecular formula is C13H13BrN2O. The average molecular weight is 293 g/mol. The number of anilines is 1. The van der Waals surface area contributed by atoms with Crippen LogP contribution in [0.4, 0.5) is 5.69 Å². The second-order valence-electron chi connectivity index (χ2n) is 3.94. The molecule has 0 saturated carbocycles. The minimum Gasteiger partial charge on any atom is -0.347 e. The van der Waals surface area contributed by atoms with Crippen molar-refractivity contribution >= 4 is 27.5 Å². The van der Waals surface area contributed by atoms with Crippen LogP contribution >= 0.6 is 15.9 Å². The zero-order valence-electron chi connectivity index (χ0n) is 9.70. The van der Waals surface area contributed by atoms with Gasteiger partial charge in [-0.25, -0.2) is 0 Å². The molecule has 17 heavy (non-hydrogen) atoms. The molecule has 0 saturated heterocycles. The maximum absolute atomic E-state index is 12.0. The molecule has 0 aliphatic heterocycles. The first-order valence-electron chi connectivity index (χ1n) is 5.27. The maximum Gasteiger partial charge on any atom is 0.272 e. The van der Waals surface area contributed by atoms with Crippen molar-refractivity contribution in [3.05, 3.63) is 52.3 Å². The number of halogens is 1. The number of aryl methyl sites for hydroxylation is 2. The normalized spacial score (nSPS) is 10.3. The van der Waals surface area contributed by atoms with Crippen molar-refractivity contribution in [3.8, 4) is 0 Å². The summed E-state index contributed by atoms with van der Waals surface area (Å²) >= 11 is 3.42. The van der Waals surface area contributed by atoms with Gasteiger partial charge in [0.15, 0.2) is 0 Å². The Morgan fingerprint density at radius 2 is 2.12 bits per heavy atom. The SMILES string of the molecule is Cc1ccc(Br)c(NC(=O)c2cccn2C)c1. The van der Waals surface area contributed by atoms with Crippen LogP contribution in [-0.2, 0) is 7.05 Å². The van der Waals surface area contributed by atoms with E-state index in [1.807, 2.05) is 44.4 Å². The Labute approximate surface area is 109 Å². The number of nitrogens with zero attached hydrogens (tertiary/aromatic N) is 1. The summed E-state index contributed by atoms with van der Waals surface area (Å²) in [4.78, 5) is 12.0. The van der Waals surface area contributed by atoms with Gasteiger partial charge in [0.05, 0.1) is 5.69 Å². The summed E-state index contributed by atoms with van der Waals surface area (Å²) in [6.45, 7) is 1.99. The van der Waals surface area contributed by atoms with Gasteiger partial charge in [-0.05, 0) is 52.7 Å². The monoisotopic (exact) mass is 292 g/mol. The maximum atomic E-state index is 12.0. The van der Waals surface area contributed by atoms with Gasteiger partial charge in [0.25, 0.3) is 5.91 Å². The van der Waals surface area contributed by atoms with E-state index in [0.717, 1.165) is 15.7 Å². The highest BCUT2D eigenvalue weighted by atomic mass is 79.9. The van der Waals surface area contributed by atoms with E-state index in [1.54, 1.807) is 10.6 Å². The lowest BCUT2D eigenvalue weighted by Gasteiger charge is -2.08. The summed E-state index contributed by atoms with van der Waals surface area (Å²) in [5.74, 6) is -0.108. The van der Waals surface area contributed by atoms with Gasteiger partial charge in [-0.15, -0.1) is 0 Å². The van der Waals surface area contributed by atoms with Gasteiger partial charge < -0.3 is 9.88 Å². The van der Waals surface area contributed by atoms with Gasteiger partial charge in [-0.3, -0.25) is 4.79 Å². The van der Waals surface area contributed by atoms with Crippen molar-refractivity contribution in [1.82, 2.24) is 4.57 Å². The fourth-order valence-electron chi connectivity index (χ4n) is 1.62. The summed E-state index contributed by atoms with van der Waals surface area (Å²) < 4.78 is 2.67. The Morgan fingerprint density at radius 3 is 2.76 bits per heavy atom. The predicted molar refractivity (Wildman–Crippen MR) is 72.2 cm³/mol. The van der Waals surface area contributed by atoms with Crippen molar-refractivity contribution in [2.24, 2.45) is 7.05 Å². The van der Waals surface area contributed by atoms with Crippen LogP contribution in [0.1, 0.15) is 16.1 Å². The molecule has 2 aromatic rings. The number of amides is 1. The molecule has 1 amide bonds. The molecule has 4 heteroatoms. The molecule has 1 N–H and O–H groups in total. The van der Waals surface area contributed by atoms with Crippen molar-refractivity contribution in [2.45, 2.75) is 6.92 Å². The van der Waals surface area contributed by atoms with Crippen LogP contribution in [0.25, 0.3) is 0 Å². The van der Waals surface area contributed by atoms with Crippen molar-refractivity contribution in [1.29, 1.82) is 0 Å². The topological polar surface area (TPSA) is 34.0 Å². The molecule has 2 rings (SSSR count). The largest absolute Gasteiger partial charge is 0.347 e. The molecule has 0 bridgehead atoms. The number of aromatic nitrogens is 1. The lowest BCUT2D eigenvalue weighted by molar-refractivity contribution is 0.101. The average Bonchev–Trinajstić information content (AvgIpc) is 2.70. The Kier molecular flexibility index (Phi) is 3.33. The molecule has 0 aliphatic carbocycles. The Morgan fingerprint density at radius 1 is 1.35 bits per heavy atom. The van der Waals surface area contributed by atoms with E-state index >= 15 is 0 Å². The highest BCUT2D eigenvalue weighted by Crippen LogP contribution is 2.23. The molecule has 88 valence electrons. The summed E-state index contributed by atoms with van der Waals surface area (Å²) in [6.07, 6.45) is 1.85. The van der Waals surface area contributed by atoms with Crippen LogP contribution < -0.4 is 5.32 Å². The van der Waals surface area contributed by atoms with Crippen molar-refractivity contribution < 1.29 is 4.79 Å². The first-order valence-corrected chi connectivity index (χ1v) is 6.06. The Balaban J connectivity index is 2.24. The van der Waals surface area contributed by atoms with E-state index in [9.17, 15) is 4.79 Å². The molecule has 1 aromatic carbocycles. The number of rotatable bonds is 2. The molecule has 3 nitrogen and oxygen atoms in total. The first kappa shape index (κ1) is 11.9. The van der Waals surface area contributed by atoms with E-state index in [1.165, 1.54) is 0 Å². The minimum atomic E-state index is -0.108. The lowest BCUT2D eigenvalue weighted by Crippen LogP contribution is -2.15. The quantitative estimate of drug-likeness (QED) is 0.905. The highest BCUT2D eigenvalue weighted by Gasteiger charge is 2.10. The summed E-state index contributed by atoms with van der Waals surface area (Å²) in [6, 6.07) is 9.49. The van der Waals surface area contributed by atoms with Crippen LogP contribution in [0, 0.1) is 6.92 Å². The summed E-state index contributed by atoms with van der Waals surface area (Å²) in [7, 11) is 1.85. The third kappa shape index (κ3) is 2.58. The van der Waals surface area contributed by atoms with Crippen LogP contribution in [-0.4, -0.2) is 10.5 Å². The third-order valence-electron chi connectivity index (χ3n) is 2.55. The van der Waals surface area contributed by atoms with Gasteiger partial charge in [0.1, 0.15) is 5.69 Å². The fourth-order valence-corrected chi connectivity index (χ4v) is 1.96. The predicted octanol–water partition coefficient (Wildman–Crippen LogP) is 3.35. The molecule has 0 spiro atoms. The molecule has 1 heterocycles. The van der Waals surface area contributed by atoms with E-state index in [0.29, 0.717) is 5.69 Å². The number of nitrogens with one attached hydrogen (secondary N) is 1. The van der Waals surface area contributed by atoms with Gasteiger partial charge in [0.2, 0.25) is 0 Å². The van der Waals surface area contributed by atoms with E-state index in [4.69, 9.17) is 0 Å². The Hall–Kier alpha value is -1.55. The second-order valence-corrected chi connectivity index (χ2v) is 4.80. The number of carbonyl (C=O) groups excluding carboxylic acids is 1. The van der Waals surface area contributed by atoms with Gasteiger partial charge in [-0.2, -0.15) is 0 Å². The van der Waals surface area contributed by atoms with Gasteiger partial charge >= 0.3 is 0 Å². The first-order chi connectivity index (χ1) is 8.08. The highest BCUT2D eigenvalue weighted by molar-refractivity contribution is 9.10. The molecule has 0 fully saturated rings. The second kappa shape index (κ2) is 4.75.